The summed E-state index contributed by atoms with van der Waals surface area (Å²) in [6.07, 6.45) is 3.13. The number of rotatable bonds is 6. The van der Waals surface area contributed by atoms with E-state index in [1.165, 1.54) is 24.3 Å². The first-order valence-corrected chi connectivity index (χ1v) is 10.7. The summed E-state index contributed by atoms with van der Waals surface area (Å²) in [5.74, 6) is 0.185. The molecule has 4 rings (SSSR count). The number of non-ortho nitro benzene ring substituents is 1. The fourth-order valence-corrected chi connectivity index (χ4v) is 4.00. The minimum absolute atomic E-state index is 0.101. The average Bonchev–Trinajstić information content (AvgIpc) is 3.24. The Morgan fingerprint density at radius 3 is 2.59 bits per heavy atom. The molecule has 3 aromatic carbocycles. The second-order valence-electron chi connectivity index (χ2n) is 7.74. The monoisotopic (exact) mass is 476 g/mol. The molecule has 1 N–H and O–H groups in total. The molecule has 0 spiro atoms. The van der Waals surface area contributed by atoms with Gasteiger partial charge >= 0.3 is 0 Å². The summed E-state index contributed by atoms with van der Waals surface area (Å²) in [5, 5.41) is 15.2. The van der Waals surface area contributed by atoms with Crippen LogP contribution in [0.3, 0.4) is 0 Å². The van der Waals surface area contributed by atoms with E-state index >= 15 is 0 Å². The molecule has 0 aliphatic heterocycles. The van der Waals surface area contributed by atoms with Gasteiger partial charge in [-0.2, -0.15) is 0 Å². The van der Waals surface area contributed by atoms with Gasteiger partial charge in [0.15, 0.2) is 0 Å². The number of carbonyl (C=O) groups is 1. The predicted octanol–water partition coefficient (Wildman–Crippen LogP) is 7.02. The van der Waals surface area contributed by atoms with Gasteiger partial charge in [-0.1, -0.05) is 29.8 Å². The van der Waals surface area contributed by atoms with Crippen molar-refractivity contribution >= 4 is 45.4 Å². The summed E-state index contributed by atoms with van der Waals surface area (Å²) in [6.45, 7) is 3.70. The molecule has 0 aliphatic rings. The number of aryl methyl sites for hydroxylation is 1. The molecule has 34 heavy (non-hydrogen) atoms. The van der Waals surface area contributed by atoms with E-state index in [1.54, 1.807) is 26.4 Å². The van der Waals surface area contributed by atoms with E-state index < -0.39 is 10.8 Å². The number of methoxy groups -OCH3 is 1. The number of anilines is 1. The highest BCUT2D eigenvalue weighted by atomic mass is 35.5. The van der Waals surface area contributed by atoms with Gasteiger partial charge in [0.2, 0.25) is 5.91 Å². The summed E-state index contributed by atoms with van der Waals surface area (Å²) in [5.41, 5.74) is 4.97. The quantitative estimate of drug-likeness (QED) is 0.183. The van der Waals surface area contributed by atoms with Gasteiger partial charge in [0.25, 0.3) is 5.69 Å². The maximum Gasteiger partial charge on any atom is 0.271 e. The lowest BCUT2D eigenvalue weighted by Gasteiger charge is -2.13. The molecule has 8 heteroatoms. The second-order valence-corrected chi connectivity index (χ2v) is 8.18. The Labute approximate surface area is 200 Å². The third-order valence-electron chi connectivity index (χ3n) is 5.50. The van der Waals surface area contributed by atoms with Crippen LogP contribution in [0.15, 0.2) is 71.4 Å². The number of fused-ring (bicyclic) bond motifs is 1. The Bertz CT molecular complexity index is 1440. The summed E-state index contributed by atoms with van der Waals surface area (Å²) < 4.78 is 11.5. The number of carbonyl (C=O) groups excluding carboxylic acids is 1. The zero-order valence-corrected chi connectivity index (χ0v) is 19.5. The zero-order valence-electron chi connectivity index (χ0n) is 18.7. The van der Waals surface area contributed by atoms with Crippen molar-refractivity contribution in [1.82, 2.24) is 0 Å². The number of amides is 1. The van der Waals surface area contributed by atoms with Crippen LogP contribution in [0.2, 0.25) is 5.02 Å². The third-order valence-corrected chi connectivity index (χ3v) is 5.75. The van der Waals surface area contributed by atoms with E-state index in [4.69, 9.17) is 20.8 Å². The van der Waals surface area contributed by atoms with Crippen LogP contribution in [0.4, 0.5) is 11.4 Å². The molecule has 0 saturated carbocycles. The van der Waals surface area contributed by atoms with Crippen molar-refractivity contribution in [3.05, 3.63) is 93.2 Å². The smallest absolute Gasteiger partial charge is 0.271 e. The fourth-order valence-electron chi connectivity index (χ4n) is 3.87. The Morgan fingerprint density at radius 2 is 1.91 bits per heavy atom. The van der Waals surface area contributed by atoms with Crippen LogP contribution >= 0.6 is 11.6 Å². The van der Waals surface area contributed by atoms with Crippen LogP contribution in [0.5, 0.6) is 5.75 Å². The van der Waals surface area contributed by atoms with Gasteiger partial charge in [-0.05, 0) is 49.2 Å². The van der Waals surface area contributed by atoms with Gasteiger partial charge in [0.05, 0.1) is 18.3 Å². The number of halogens is 1. The molecule has 0 unspecified atom stereocenters. The van der Waals surface area contributed by atoms with Crippen molar-refractivity contribution in [2.45, 2.75) is 13.8 Å². The number of nitro groups is 1. The summed E-state index contributed by atoms with van der Waals surface area (Å²) in [4.78, 5) is 23.1. The van der Waals surface area contributed by atoms with Crippen molar-refractivity contribution < 1.29 is 18.9 Å². The number of benzene rings is 3. The van der Waals surface area contributed by atoms with Crippen LogP contribution < -0.4 is 10.1 Å². The van der Waals surface area contributed by atoms with Crippen LogP contribution in [0.25, 0.3) is 27.7 Å². The number of ether oxygens (including phenoxy) is 1. The van der Waals surface area contributed by atoms with E-state index in [2.05, 4.69) is 5.32 Å². The van der Waals surface area contributed by atoms with Gasteiger partial charge in [-0.15, -0.1) is 0 Å². The maximum absolute atomic E-state index is 12.7. The topological polar surface area (TPSA) is 94.6 Å². The number of nitrogens with one attached hydrogen (secondary N) is 1. The molecule has 1 amide bonds. The minimum atomic E-state index is -0.511. The minimum Gasteiger partial charge on any atom is -0.496 e. The van der Waals surface area contributed by atoms with Gasteiger partial charge in [-0.3, -0.25) is 14.9 Å². The lowest BCUT2D eigenvalue weighted by molar-refractivity contribution is -0.384. The first-order chi connectivity index (χ1) is 16.3. The van der Waals surface area contributed by atoms with Crippen molar-refractivity contribution in [3.63, 3.8) is 0 Å². The number of allylic oxidation sites excluding steroid dienone is 1. The van der Waals surface area contributed by atoms with Crippen LogP contribution in [0, 0.1) is 17.0 Å². The summed E-state index contributed by atoms with van der Waals surface area (Å²) >= 11 is 6.03. The highest BCUT2D eigenvalue weighted by Crippen LogP contribution is 2.40. The fraction of sp³-hybridized carbons (Fsp3) is 0.115. The maximum atomic E-state index is 12.7. The van der Waals surface area contributed by atoms with Gasteiger partial charge in [0.1, 0.15) is 11.3 Å². The highest BCUT2D eigenvalue weighted by Gasteiger charge is 2.19. The molecule has 1 heterocycles. The number of nitrogens with zero attached hydrogens (tertiary/aromatic N) is 1. The molecule has 0 radical (unpaired) electrons. The van der Waals surface area contributed by atoms with E-state index in [9.17, 15) is 14.9 Å². The normalized spacial score (nSPS) is 11.5. The first-order valence-electron chi connectivity index (χ1n) is 10.4. The van der Waals surface area contributed by atoms with Crippen LogP contribution in [0.1, 0.15) is 18.1 Å². The van der Waals surface area contributed by atoms with Crippen LogP contribution in [-0.4, -0.2) is 17.9 Å². The molecule has 0 fully saturated rings. The van der Waals surface area contributed by atoms with Crippen molar-refractivity contribution in [3.8, 4) is 16.9 Å². The van der Waals surface area contributed by atoms with Crippen molar-refractivity contribution in [2.75, 3.05) is 12.4 Å². The number of furan rings is 1. The predicted molar refractivity (Wildman–Crippen MR) is 133 cm³/mol. The highest BCUT2D eigenvalue weighted by molar-refractivity contribution is 6.30. The summed E-state index contributed by atoms with van der Waals surface area (Å²) in [6, 6.07) is 15.2. The van der Waals surface area contributed by atoms with E-state index in [-0.39, 0.29) is 5.69 Å². The van der Waals surface area contributed by atoms with Gasteiger partial charge < -0.3 is 14.5 Å². The largest absolute Gasteiger partial charge is 0.496 e. The molecule has 1 aromatic heterocycles. The Kier molecular flexibility index (Phi) is 6.38. The Morgan fingerprint density at radius 1 is 1.18 bits per heavy atom. The Balaban J connectivity index is 1.73. The number of hydrogen-bond donors (Lipinski definition) is 1. The molecule has 0 aliphatic carbocycles. The molecular formula is C26H21ClN2O5. The van der Waals surface area contributed by atoms with E-state index in [1.807, 2.05) is 37.3 Å². The van der Waals surface area contributed by atoms with Crippen molar-refractivity contribution in [2.24, 2.45) is 0 Å². The number of nitro benzene ring substituents is 1. The molecule has 0 atom stereocenters. The molecule has 172 valence electrons. The first kappa shape index (κ1) is 23.1. The van der Waals surface area contributed by atoms with Gasteiger partial charge in [0, 0.05) is 51.0 Å². The van der Waals surface area contributed by atoms with Gasteiger partial charge in [-0.25, -0.2) is 0 Å². The standard InChI is InChI=1S/C26H21ClN2O5/c1-15(11-24(30)28-19-5-4-6-20(12-19)29(31)32)21-13-22-23(17-7-9-18(27)10-8-17)14-34-26(22)16(2)25(21)33-3/h4-14H,1-3H3,(H,28,30)/b15-11+. The second kappa shape index (κ2) is 9.41. The molecule has 0 bridgehead atoms. The van der Waals surface area contributed by atoms with Crippen molar-refractivity contribution in [1.29, 1.82) is 0 Å². The number of hydrogen-bond acceptors (Lipinski definition) is 5. The lowest BCUT2D eigenvalue weighted by atomic mass is 9.96. The molecule has 0 saturated heterocycles. The Hall–Kier alpha value is -4.10. The third kappa shape index (κ3) is 4.51. The summed E-state index contributed by atoms with van der Waals surface area (Å²) in [7, 11) is 1.57. The molecule has 7 nitrogen and oxygen atoms in total. The molecule has 4 aromatic rings. The molecular weight excluding hydrogens is 456 g/mol. The van der Waals surface area contributed by atoms with Crippen LogP contribution in [-0.2, 0) is 4.79 Å². The van der Waals surface area contributed by atoms with E-state index in [0.717, 1.165) is 27.6 Å². The zero-order chi connectivity index (χ0) is 24.4. The SMILES string of the molecule is COc1c(/C(C)=C/C(=O)Nc2cccc([N+](=O)[O-])c2)cc2c(-c3ccc(Cl)cc3)coc2c1C. The average molecular weight is 477 g/mol. The van der Waals surface area contributed by atoms with E-state index in [0.29, 0.717) is 27.6 Å². The lowest BCUT2D eigenvalue weighted by Crippen LogP contribution is -2.09.